The van der Waals surface area contributed by atoms with Crippen LogP contribution in [0.3, 0.4) is 0 Å². The Kier molecular flexibility index (Phi) is 6.07. The molecule has 1 atom stereocenters. The zero-order chi connectivity index (χ0) is 28.8. The molecule has 6 aromatic rings. The zero-order valence-corrected chi connectivity index (χ0v) is 21.6. The smallest absolute Gasteiger partial charge is 0.266 e. The summed E-state index contributed by atoms with van der Waals surface area (Å²) in [4.78, 5) is 31.1. The lowest BCUT2D eigenvalue weighted by Crippen LogP contribution is -2.23. The van der Waals surface area contributed by atoms with Gasteiger partial charge in [-0.25, -0.2) is 33.4 Å². The number of nitrogens with zero attached hydrogens (tertiary/aromatic N) is 8. The Morgan fingerprint density at radius 3 is 2.66 bits per heavy atom. The van der Waals surface area contributed by atoms with Crippen molar-refractivity contribution in [3.8, 4) is 34.3 Å². The van der Waals surface area contributed by atoms with Crippen LogP contribution in [0.5, 0.6) is 5.88 Å². The van der Waals surface area contributed by atoms with Gasteiger partial charge in [0.05, 0.1) is 29.8 Å². The third-order valence-electron chi connectivity index (χ3n) is 6.65. The number of rotatable bonds is 5. The maximum absolute atomic E-state index is 14.3. The van der Waals surface area contributed by atoms with E-state index in [2.05, 4.69) is 19.9 Å². The topological polar surface area (TPSA) is 150 Å². The van der Waals surface area contributed by atoms with Gasteiger partial charge in [-0.05, 0) is 42.8 Å². The van der Waals surface area contributed by atoms with Gasteiger partial charge in [0.1, 0.15) is 46.8 Å². The predicted octanol–water partition coefficient (Wildman–Crippen LogP) is 3.91. The number of aromatic nitrogens is 7. The number of nitriles is 1. The number of hydrogen-bond acceptors (Lipinski definition) is 9. The van der Waals surface area contributed by atoms with E-state index in [0.717, 1.165) is 10.6 Å². The molecule has 13 heteroatoms. The molecule has 0 saturated carbocycles. The third kappa shape index (κ3) is 4.18. The number of fused-ring (bicyclic) bond motifs is 2. The van der Waals surface area contributed by atoms with Gasteiger partial charge in [0.25, 0.3) is 5.56 Å². The van der Waals surface area contributed by atoms with Crippen molar-refractivity contribution in [2.45, 2.75) is 13.0 Å². The first-order valence-electron chi connectivity index (χ1n) is 12.2. The van der Waals surface area contributed by atoms with Gasteiger partial charge < -0.3 is 10.5 Å². The summed E-state index contributed by atoms with van der Waals surface area (Å²) in [5, 5.41) is 14.7. The third-order valence-corrected chi connectivity index (χ3v) is 6.65. The molecule has 5 aromatic heterocycles. The number of nitrogens with two attached hydrogens (primary N) is 1. The van der Waals surface area contributed by atoms with Crippen LogP contribution in [0.25, 0.3) is 39.1 Å². The molecule has 0 amide bonds. The highest BCUT2D eigenvalue weighted by atomic mass is 19.1. The second-order valence-corrected chi connectivity index (χ2v) is 9.08. The minimum Gasteiger partial charge on any atom is -0.480 e. The number of methoxy groups -OCH3 is 1. The lowest BCUT2D eigenvalue weighted by atomic mass is 10.0. The molecule has 0 bridgehead atoms. The average molecular weight is 552 g/mol. The number of anilines is 1. The molecule has 1 aromatic carbocycles. The standard InChI is InChI=1S/C28H19F2N9O2/c1-14(23-21(15-4-3-5-18(29)9-15)28(40)38-12-19(30)6-7-20(38)36-23)39-26-22(25(32)34-13-35-26)24(37-39)17-8-16(10-31)27(41-2)33-11-17/h3-9,11-14H,1-2H3,(H2,32,34,35)/t14-/m0/s1. The number of nitrogen functional groups attached to an aromatic ring is 1. The van der Waals surface area contributed by atoms with Crippen molar-refractivity contribution in [3.63, 3.8) is 0 Å². The SMILES string of the molecule is COc1ncc(-c2nn([C@@H](C)c3nc4ccc(F)cn4c(=O)c3-c3cccc(F)c3)c3ncnc(N)c23)cc1C#N. The van der Waals surface area contributed by atoms with Crippen molar-refractivity contribution in [2.75, 3.05) is 12.8 Å². The molecule has 0 aliphatic heterocycles. The summed E-state index contributed by atoms with van der Waals surface area (Å²) in [6.07, 6.45) is 3.79. The fourth-order valence-electron chi connectivity index (χ4n) is 4.76. The van der Waals surface area contributed by atoms with E-state index in [9.17, 15) is 18.8 Å². The summed E-state index contributed by atoms with van der Waals surface area (Å²) in [7, 11) is 1.41. The van der Waals surface area contributed by atoms with E-state index >= 15 is 0 Å². The Bertz CT molecular complexity index is 2100. The van der Waals surface area contributed by atoms with Gasteiger partial charge in [-0.1, -0.05) is 12.1 Å². The quantitative estimate of drug-likeness (QED) is 0.336. The van der Waals surface area contributed by atoms with E-state index in [4.69, 9.17) is 15.6 Å². The number of pyridine rings is 2. The molecule has 2 N–H and O–H groups in total. The molecule has 0 fully saturated rings. The van der Waals surface area contributed by atoms with Crippen molar-refractivity contribution in [1.29, 1.82) is 5.26 Å². The van der Waals surface area contributed by atoms with Crippen LogP contribution < -0.4 is 16.0 Å². The predicted molar refractivity (Wildman–Crippen MR) is 145 cm³/mol. The molecule has 6 rings (SSSR count). The Balaban J connectivity index is 1.63. The summed E-state index contributed by atoms with van der Waals surface area (Å²) in [5.41, 5.74) is 7.70. The Hall–Kier alpha value is -5.77. The van der Waals surface area contributed by atoms with Crippen LogP contribution >= 0.6 is 0 Å². The second-order valence-electron chi connectivity index (χ2n) is 9.08. The van der Waals surface area contributed by atoms with Crippen LogP contribution in [-0.2, 0) is 0 Å². The number of benzene rings is 1. The fourth-order valence-corrected chi connectivity index (χ4v) is 4.76. The molecule has 0 spiro atoms. The van der Waals surface area contributed by atoms with E-state index in [0.29, 0.717) is 22.3 Å². The van der Waals surface area contributed by atoms with E-state index in [1.807, 2.05) is 6.07 Å². The summed E-state index contributed by atoms with van der Waals surface area (Å²) in [6.45, 7) is 1.74. The van der Waals surface area contributed by atoms with Gasteiger partial charge in [0.15, 0.2) is 5.65 Å². The Morgan fingerprint density at radius 1 is 1.07 bits per heavy atom. The molecule has 41 heavy (non-hydrogen) atoms. The van der Waals surface area contributed by atoms with Crippen LogP contribution in [0.2, 0.25) is 0 Å². The van der Waals surface area contributed by atoms with E-state index < -0.39 is 23.2 Å². The first kappa shape index (κ1) is 25.5. The Labute approximate surface area is 230 Å². The highest BCUT2D eigenvalue weighted by Crippen LogP contribution is 2.35. The lowest BCUT2D eigenvalue weighted by Gasteiger charge is -2.18. The van der Waals surface area contributed by atoms with Gasteiger partial charge in [0, 0.05) is 18.0 Å². The van der Waals surface area contributed by atoms with Gasteiger partial charge >= 0.3 is 0 Å². The summed E-state index contributed by atoms with van der Waals surface area (Å²) in [5.74, 6) is -0.913. The van der Waals surface area contributed by atoms with Crippen LogP contribution in [-0.4, -0.2) is 41.2 Å². The van der Waals surface area contributed by atoms with Crippen molar-refractivity contribution in [3.05, 3.63) is 94.4 Å². The van der Waals surface area contributed by atoms with Gasteiger partial charge in [-0.2, -0.15) is 10.4 Å². The Morgan fingerprint density at radius 2 is 1.90 bits per heavy atom. The highest BCUT2D eigenvalue weighted by Gasteiger charge is 2.27. The first-order valence-corrected chi connectivity index (χ1v) is 12.2. The summed E-state index contributed by atoms with van der Waals surface area (Å²) in [6, 6.07) is 10.9. The highest BCUT2D eigenvalue weighted by molar-refractivity contribution is 5.98. The van der Waals surface area contributed by atoms with Gasteiger partial charge in [-0.15, -0.1) is 0 Å². The molecule has 0 saturated heterocycles. The van der Waals surface area contributed by atoms with E-state index in [1.54, 1.807) is 19.1 Å². The summed E-state index contributed by atoms with van der Waals surface area (Å²) >= 11 is 0. The second kappa shape index (κ2) is 9.76. The maximum Gasteiger partial charge on any atom is 0.266 e. The van der Waals surface area contributed by atoms with Crippen LogP contribution in [0, 0.1) is 23.0 Å². The number of ether oxygens (including phenoxy) is 1. The number of hydrogen-bond donors (Lipinski definition) is 1. The van der Waals surface area contributed by atoms with Crippen LogP contribution in [0.1, 0.15) is 24.2 Å². The van der Waals surface area contributed by atoms with E-state index in [1.165, 1.54) is 54.6 Å². The molecule has 11 nitrogen and oxygen atoms in total. The lowest BCUT2D eigenvalue weighted by molar-refractivity contribution is 0.396. The molecule has 5 heterocycles. The molecule has 0 aliphatic rings. The largest absolute Gasteiger partial charge is 0.480 e. The normalized spacial score (nSPS) is 12.0. The summed E-state index contributed by atoms with van der Waals surface area (Å²) < 4.78 is 36.1. The molecule has 0 radical (unpaired) electrons. The van der Waals surface area contributed by atoms with Crippen molar-refractivity contribution < 1.29 is 13.5 Å². The minimum atomic E-state index is -0.761. The van der Waals surface area contributed by atoms with Gasteiger partial charge in [-0.3, -0.25) is 9.20 Å². The van der Waals surface area contributed by atoms with Gasteiger partial charge in [0.2, 0.25) is 5.88 Å². The van der Waals surface area contributed by atoms with E-state index in [-0.39, 0.29) is 39.7 Å². The number of halogens is 2. The van der Waals surface area contributed by atoms with Crippen molar-refractivity contribution >= 4 is 22.5 Å². The van der Waals surface area contributed by atoms with Crippen molar-refractivity contribution in [2.24, 2.45) is 0 Å². The maximum atomic E-state index is 14.3. The van der Waals surface area contributed by atoms with Crippen LogP contribution in [0.15, 0.2) is 66.0 Å². The molecular weight excluding hydrogens is 532 g/mol. The monoisotopic (exact) mass is 551 g/mol. The molecule has 0 unspecified atom stereocenters. The zero-order valence-electron chi connectivity index (χ0n) is 21.6. The molecular formula is C28H19F2N9O2. The molecule has 202 valence electrons. The molecule has 0 aliphatic carbocycles. The minimum absolute atomic E-state index is 0.0604. The fraction of sp³-hybridized carbons (Fsp3) is 0.107. The average Bonchev–Trinajstić information content (AvgIpc) is 3.37. The van der Waals surface area contributed by atoms with Crippen LogP contribution in [0.4, 0.5) is 14.6 Å². The first-order chi connectivity index (χ1) is 19.8. The van der Waals surface area contributed by atoms with Crippen molar-refractivity contribution in [1.82, 2.24) is 34.1 Å².